The van der Waals surface area contributed by atoms with Gasteiger partial charge in [0.1, 0.15) is 11.5 Å². The monoisotopic (exact) mass is 484 g/mol. The number of nitrogens with two attached hydrogens (primary N) is 4. The van der Waals surface area contributed by atoms with E-state index in [1.807, 2.05) is 64.1 Å². The smallest absolute Gasteiger partial charge is 0.142 e. The van der Waals surface area contributed by atoms with Crippen molar-refractivity contribution >= 4 is 22.7 Å². The van der Waals surface area contributed by atoms with Crippen molar-refractivity contribution in [3.05, 3.63) is 82.9 Å². The molecule has 4 aromatic carbocycles. The fraction of sp³-hybridized carbons (Fsp3) is 0.200. The summed E-state index contributed by atoms with van der Waals surface area (Å²) in [5, 5.41) is 0. The lowest BCUT2D eigenvalue weighted by molar-refractivity contribution is 0.416. The molecule has 6 heteroatoms. The number of anilines is 4. The molecule has 4 rings (SSSR count). The van der Waals surface area contributed by atoms with Crippen LogP contribution in [-0.4, -0.2) is 14.2 Å². The Kier molecular flexibility index (Phi) is 8.00. The lowest BCUT2D eigenvalue weighted by Crippen LogP contribution is -1.97. The van der Waals surface area contributed by atoms with Crippen LogP contribution >= 0.6 is 0 Å². The molecule has 0 aliphatic rings. The van der Waals surface area contributed by atoms with Crippen LogP contribution in [0.1, 0.15) is 22.3 Å². The van der Waals surface area contributed by atoms with Crippen molar-refractivity contribution in [3.63, 3.8) is 0 Å². The summed E-state index contributed by atoms with van der Waals surface area (Å²) < 4.78 is 10.4. The van der Waals surface area contributed by atoms with Crippen LogP contribution in [0.15, 0.2) is 60.7 Å². The van der Waals surface area contributed by atoms with E-state index in [0.29, 0.717) is 22.9 Å². The minimum absolute atomic E-state index is 0.615. The van der Waals surface area contributed by atoms with Crippen molar-refractivity contribution in [2.45, 2.75) is 27.7 Å². The van der Waals surface area contributed by atoms with Crippen molar-refractivity contribution in [2.24, 2.45) is 0 Å². The van der Waals surface area contributed by atoms with Gasteiger partial charge in [-0.3, -0.25) is 0 Å². The van der Waals surface area contributed by atoms with Crippen LogP contribution in [0.5, 0.6) is 11.5 Å². The van der Waals surface area contributed by atoms with E-state index in [2.05, 4.69) is 24.3 Å². The molecule has 36 heavy (non-hydrogen) atoms. The average Bonchev–Trinajstić information content (AvgIpc) is 2.86. The van der Waals surface area contributed by atoms with Gasteiger partial charge in [-0.2, -0.15) is 0 Å². The molecule has 188 valence electrons. The van der Waals surface area contributed by atoms with E-state index in [1.54, 1.807) is 14.2 Å². The number of rotatable bonds is 4. The first-order valence-corrected chi connectivity index (χ1v) is 11.7. The Morgan fingerprint density at radius 2 is 0.750 bits per heavy atom. The largest absolute Gasteiger partial charge is 0.495 e. The van der Waals surface area contributed by atoms with E-state index in [1.165, 1.54) is 11.1 Å². The Labute approximate surface area is 213 Å². The summed E-state index contributed by atoms with van der Waals surface area (Å²) in [5.74, 6) is 1.31. The van der Waals surface area contributed by atoms with Gasteiger partial charge in [0.2, 0.25) is 0 Å². The van der Waals surface area contributed by atoms with Crippen molar-refractivity contribution in [2.75, 3.05) is 37.2 Å². The van der Waals surface area contributed by atoms with E-state index < -0.39 is 0 Å². The molecule has 0 radical (unpaired) electrons. The molecule has 0 heterocycles. The maximum Gasteiger partial charge on any atom is 0.142 e. The third-order valence-electron chi connectivity index (χ3n) is 6.32. The van der Waals surface area contributed by atoms with Gasteiger partial charge in [-0.25, -0.2) is 0 Å². The van der Waals surface area contributed by atoms with Gasteiger partial charge in [0.15, 0.2) is 0 Å². The summed E-state index contributed by atoms with van der Waals surface area (Å²) in [5.41, 5.74) is 35.4. The van der Waals surface area contributed by atoms with Crippen molar-refractivity contribution in [1.82, 2.24) is 0 Å². The normalized spacial score (nSPS) is 10.4. The fourth-order valence-electron chi connectivity index (χ4n) is 4.06. The zero-order valence-corrected chi connectivity index (χ0v) is 21.9. The molecule has 0 atom stereocenters. The van der Waals surface area contributed by atoms with Gasteiger partial charge in [0, 0.05) is 11.4 Å². The number of ether oxygens (including phenoxy) is 2. The molecule has 0 aliphatic carbocycles. The summed E-state index contributed by atoms with van der Waals surface area (Å²) in [4.78, 5) is 0. The quantitative estimate of drug-likeness (QED) is 0.253. The topological polar surface area (TPSA) is 123 Å². The van der Waals surface area contributed by atoms with E-state index in [-0.39, 0.29) is 0 Å². The van der Waals surface area contributed by atoms with Crippen LogP contribution in [0.2, 0.25) is 0 Å². The molecule has 6 nitrogen and oxygen atoms in total. The second-order valence-electron chi connectivity index (χ2n) is 8.96. The Balaban J connectivity index is 0.000000201. The predicted octanol–water partition coefficient (Wildman–Crippen LogP) is 6.29. The van der Waals surface area contributed by atoms with Crippen molar-refractivity contribution in [3.8, 4) is 33.8 Å². The number of hydrogen-bond acceptors (Lipinski definition) is 6. The molecule has 0 fully saturated rings. The molecule has 0 spiro atoms. The van der Waals surface area contributed by atoms with Crippen LogP contribution in [0.3, 0.4) is 0 Å². The van der Waals surface area contributed by atoms with Gasteiger partial charge in [-0.1, -0.05) is 12.1 Å². The van der Waals surface area contributed by atoms with Gasteiger partial charge < -0.3 is 32.4 Å². The Bertz CT molecular complexity index is 1240. The highest BCUT2D eigenvalue weighted by Crippen LogP contribution is 2.33. The summed E-state index contributed by atoms with van der Waals surface area (Å²) in [7, 11) is 3.19. The van der Waals surface area contributed by atoms with Gasteiger partial charge in [-0.15, -0.1) is 0 Å². The minimum Gasteiger partial charge on any atom is -0.495 e. The predicted molar refractivity (Wildman–Crippen MR) is 153 cm³/mol. The van der Waals surface area contributed by atoms with Gasteiger partial charge in [0.05, 0.1) is 25.6 Å². The van der Waals surface area contributed by atoms with Crippen LogP contribution in [0.25, 0.3) is 22.3 Å². The van der Waals surface area contributed by atoms with Crippen molar-refractivity contribution in [1.29, 1.82) is 0 Å². The highest BCUT2D eigenvalue weighted by Gasteiger charge is 2.08. The summed E-state index contributed by atoms with van der Waals surface area (Å²) in [6, 6.07) is 19.8. The number of hydrogen-bond donors (Lipinski definition) is 4. The van der Waals surface area contributed by atoms with E-state index in [9.17, 15) is 0 Å². The van der Waals surface area contributed by atoms with Crippen LogP contribution in [0.4, 0.5) is 22.7 Å². The van der Waals surface area contributed by atoms with Crippen LogP contribution in [0, 0.1) is 27.7 Å². The molecule has 0 aliphatic heterocycles. The molecule has 4 aromatic rings. The first-order valence-electron chi connectivity index (χ1n) is 11.7. The maximum absolute atomic E-state index is 5.99. The summed E-state index contributed by atoms with van der Waals surface area (Å²) in [6.07, 6.45) is 0. The first-order chi connectivity index (χ1) is 17.0. The lowest BCUT2D eigenvalue weighted by Gasteiger charge is -2.12. The van der Waals surface area contributed by atoms with Gasteiger partial charge in [0.25, 0.3) is 0 Å². The molecule has 0 aromatic heterocycles. The maximum atomic E-state index is 5.99. The van der Waals surface area contributed by atoms with Crippen LogP contribution < -0.4 is 32.4 Å². The molecule has 0 bridgehead atoms. The van der Waals surface area contributed by atoms with E-state index >= 15 is 0 Å². The summed E-state index contributed by atoms with van der Waals surface area (Å²) in [6.45, 7) is 8.18. The molecule has 0 amide bonds. The molecule has 8 N–H and O–H groups in total. The standard InChI is InChI=1S/C16H20N2.C14H16N2O2/c1-9-5-13(6-10(2)15(9)17)14-7-11(3)16(18)12(4)8-14;1-17-13-7-9(3-5-11(13)15)10-4-6-12(16)14(8-10)18-2/h5-8H,17-18H2,1-4H3;3-8H,15-16H2,1-2H3. The Hall–Kier alpha value is -4.32. The summed E-state index contributed by atoms with van der Waals surface area (Å²) >= 11 is 0. The Morgan fingerprint density at radius 3 is 1.03 bits per heavy atom. The number of methoxy groups -OCH3 is 2. The fourth-order valence-corrected chi connectivity index (χ4v) is 4.06. The second-order valence-corrected chi connectivity index (χ2v) is 8.96. The van der Waals surface area contributed by atoms with E-state index in [4.69, 9.17) is 32.4 Å². The zero-order chi connectivity index (χ0) is 26.6. The van der Waals surface area contributed by atoms with E-state index in [0.717, 1.165) is 44.8 Å². The average molecular weight is 485 g/mol. The number of nitrogen functional groups attached to an aromatic ring is 4. The molecule has 0 saturated heterocycles. The first kappa shape index (κ1) is 26.3. The Morgan fingerprint density at radius 1 is 0.444 bits per heavy atom. The highest BCUT2D eigenvalue weighted by molar-refractivity contribution is 5.75. The van der Waals surface area contributed by atoms with Gasteiger partial charge in [-0.05, 0) is 121 Å². The molecular formula is C30H36N4O2. The highest BCUT2D eigenvalue weighted by atomic mass is 16.5. The molecule has 0 unspecified atom stereocenters. The number of benzene rings is 4. The second kappa shape index (κ2) is 11.0. The third kappa shape index (κ3) is 5.66. The number of aryl methyl sites for hydroxylation is 4. The van der Waals surface area contributed by atoms with Crippen molar-refractivity contribution < 1.29 is 9.47 Å². The third-order valence-corrected chi connectivity index (χ3v) is 6.32. The van der Waals surface area contributed by atoms with Crippen LogP contribution in [-0.2, 0) is 0 Å². The molecular weight excluding hydrogens is 448 g/mol. The zero-order valence-electron chi connectivity index (χ0n) is 21.9. The lowest BCUT2D eigenvalue weighted by atomic mass is 9.95. The SMILES string of the molecule is COc1cc(-c2ccc(N)c(OC)c2)ccc1N.Cc1cc(-c2cc(C)c(N)c(C)c2)cc(C)c1N. The minimum atomic E-state index is 0.615. The molecule has 0 saturated carbocycles. The van der Waals surface area contributed by atoms with Gasteiger partial charge >= 0.3 is 0 Å².